The van der Waals surface area contributed by atoms with Crippen molar-refractivity contribution in [3.63, 3.8) is 0 Å². The summed E-state index contributed by atoms with van der Waals surface area (Å²) in [5.74, 6) is 1.23. The van der Waals surface area contributed by atoms with Crippen LogP contribution in [0.4, 0.5) is 11.4 Å². The highest BCUT2D eigenvalue weighted by Crippen LogP contribution is 2.31. The zero-order chi connectivity index (χ0) is 23.8. The van der Waals surface area contributed by atoms with Crippen LogP contribution < -0.4 is 24.2 Å². The van der Waals surface area contributed by atoms with Gasteiger partial charge in [0.05, 0.1) is 26.2 Å². The fourth-order valence-corrected chi connectivity index (χ4v) is 4.11. The molecular formula is C24H24N2O6S. The predicted octanol–water partition coefficient (Wildman–Crippen LogP) is 4.17. The van der Waals surface area contributed by atoms with Gasteiger partial charge in [0.15, 0.2) is 11.5 Å². The molecule has 1 amide bonds. The molecule has 0 aliphatic heterocycles. The number of methoxy groups -OCH3 is 3. The molecule has 9 heteroatoms. The van der Waals surface area contributed by atoms with Crippen LogP contribution in [0.2, 0.25) is 0 Å². The van der Waals surface area contributed by atoms with E-state index in [0.29, 0.717) is 34.2 Å². The van der Waals surface area contributed by atoms with Gasteiger partial charge in [-0.3, -0.25) is 9.52 Å². The molecule has 0 fully saturated rings. The van der Waals surface area contributed by atoms with E-state index in [-0.39, 0.29) is 4.90 Å². The van der Waals surface area contributed by atoms with Crippen molar-refractivity contribution in [1.29, 1.82) is 0 Å². The van der Waals surface area contributed by atoms with Crippen LogP contribution in [0.5, 0.6) is 17.2 Å². The van der Waals surface area contributed by atoms with Crippen molar-refractivity contribution in [3.05, 3.63) is 78.4 Å². The molecule has 33 heavy (non-hydrogen) atoms. The number of amides is 1. The lowest BCUT2D eigenvalue weighted by molar-refractivity contribution is -0.111. The number of para-hydroxylation sites is 1. The van der Waals surface area contributed by atoms with Gasteiger partial charge in [0.1, 0.15) is 5.75 Å². The molecular weight excluding hydrogens is 444 g/mol. The number of benzene rings is 3. The number of carbonyl (C=O) groups excluding carboxylic acids is 1. The highest BCUT2D eigenvalue weighted by atomic mass is 32.2. The zero-order valence-electron chi connectivity index (χ0n) is 18.4. The van der Waals surface area contributed by atoms with Gasteiger partial charge in [0, 0.05) is 23.0 Å². The number of sulfonamides is 1. The van der Waals surface area contributed by atoms with Crippen LogP contribution >= 0.6 is 0 Å². The van der Waals surface area contributed by atoms with Crippen LogP contribution in [0.25, 0.3) is 6.08 Å². The first kappa shape index (κ1) is 23.7. The van der Waals surface area contributed by atoms with Crippen molar-refractivity contribution in [2.45, 2.75) is 4.90 Å². The molecule has 172 valence electrons. The molecule has 0 spiro atoms. The largest absolute Gasteiger partial charge is 0.497 e. The molecule has 0 bridgehead atoms. The Kier molecular flexibility index (Phi) is 7.57. The molecule has 0 saturated carbocycles. The Morgan fingerprint density at radius 3 is 2.24 bits per heavy atom. The van der Waals surface area contributed by atoms with E-state index in [1.807, 2.05) is 0 Å². The standard InChI is InChI=1S/C24H24N2O6S/c1-30-20-13-11-18(12-14-20)26-33(28,29)21-8-5-7-19(16-21)25-23(27)15-10-17-6-4-9-22(31-2)24(17)32-3/h4-16,26H,1-3H3,(H,25,27). The fraction of sp³-hybridized carbons (Fsp3) is 0.125. The Morgan fingerprint density at radius 1 is 0.848 bits per heavy atom. The van der Waals surface area contributed by atoms with Crippen molar-refractivity contribution in [2.24, 2.45) is 0 Å². The summed E-state index contributed by atoms with van der Waals surface area (Å²) in [6.45, 7) is 0. The minimum Gasteiger partial charge on any atom is -0.497 e. The molecule has 0 aromatic heterocycles. The second-order valence-electron chi connectivity index (χ2n) is 6.77. The quantitative estimate of drug-likeness (QED) is 0.457. The second-order valence-corrected chi connectivity index (χ2v) is 8.45. The average Bonchev–Trinajstić information content (AvgIpc) is 2.82. The summed E-state index contributed by atoms with van der Waals surface area (Å²) in [6.07, 6.45) is 2.91. The third-order valence-corrected chi connectivity index (χ3v) is 5.98. The Hall–Kier alpha value is -3.98. The van der Waals surface area contributed by atoms with Gasteiger partial charge in [0.2, 0.25) is 5.91 Å². The van der Waals surface area contributed by atoms with Crippen molar-refractivity contribution >= 4 is 33.4 Å². The first-order valence-electron chi connectivity index (χ1n) is 9.83. The molecule has 0 radical (unpaired) electrons. The molecule has 0 heterocycles. The van der Waals surface area contributed by atoms with Crippen LogP contribution in [0.3, 0.4) is 0 Å². The van der Waals surface area contributed by atoms with Crippen LogP contribution in [0, 0.1) is 0 Å². The smallest absolute Gasteiger partial charge is 0.261 e. The molecule has 8 nitrogen and oxygen atoms in total. The van der Waals surface area contributed by atoms with Crippen molar-refractivity contribution < 1.29 is 27.4 Å². The molecule has 3 aromatic rings. The van der Waals surface area contributed by atoms with Gasteiger partial charge in [-0.25, -0.2) is 8.42 Å². The number of hydrogen-bond donors (Lipinski definition) is 2. The maximum atomic E-state index is 12.7. The molecule has 0 unspecified atom stereocenters. The maximum Gasteiger partial charge on any atom is 0.261 e. The fourth-order valence-electron chi connectivity index (χ4n) is 3.01. The lowest BCUT2D eigenvalue weighted by Gasteiger charge is -2.11. The van der Waals surface area contributed by atoms with Gasteiger partial charge in [-0.1, -0.05) is 18.2 Å². The Balaban J connectivity index is 1.73. The van der Waals surface area contributed by atoms with Crippen molar-refractivity contribution in [1.82, 2.24) is 0 Å². The van der Waals surface area contributed by atoms with E-state index in [2.05, 4.69) is 10.0 Å². The van der Waals surface area contributed by atoms with Crippen molar-refractivity contribution in [2.75, 3.05) is 31.4 Å². The topological polar surface area (TPSA) is 103 Å². The zero-order valence-corrected chi connectivity index (χ0v) is 19.2. The Morgan fingerprint density at radius 2 is 1.58 bits per heavy atom. The summed E-state index contributed by atoms with van der Waals surface area (Å²) in [5.41, 5.74) is 1.38. The summed E-state index contributed by atoms with van der Waals surface area (Å²) in [6, 6.07) is 17.8. The van der Waals surface area contributed by atoms with Crippen LogP contribution in [-0.4, -0.2) is 35.7 Å². The molecule has 3 rings (SSSR count). The number of nitrogens with one attached hydrogen (secondary N) is 2. The van der Waals surface area contributed by atoms with E-state index in [9.17, 15) is 13.2 Å². The molecule has 0 atom stereocenters. The third-order valence-electron chi connectivity index (χ3n) is 4.60. The second kappa shape index (κ2) is 10.6. The van der Waals surface area contributed by atoms with Gasteiger partial charge in [-0.05, 0) is 54.6 Å². The van der Waals surface area contributed by atoms with E-state index in [0.717, 1.165) is 0 Å². The van der Waals surface area contributed by atoms with Crippen LogP contribution in [0.15, 0.2) is 77.7 Å². The summed E-state index contributed by atoms with van der Waals surface area (Å²) in [4.78, 5) is 12.4. The number of rotatable bonds is 9. The normalized spacial score (nSPS) is 11.1. The van der Waals surface area contributed by atoms with Crippen LogP contribution in [0.1, 0.15) is 5.56 Å². The maximum absolute atomic E-state index is 12.7. The minimum atomic E-state index is -3.85. The summed E-state index contributed by atoms with van der Waals surface area (Å²) >= 11 is 0. The first-order valence-corrected chi connectivity index (χ1v) is 11.3. The Bertz CT molecular complexity index is 1250. The number of carbonyl (C=O) groups is 1. The van der Waals surface area contributed by atoms with Gasteiger partial charge >= 0.3 is 0 Å². The SMILES string of the molecule is COc1ccc(NS(=O)(=O)c2cccc(NC(=O)C=Cc3cccc(OC)c3OC)c2)cc1. The van der Waals surface area contributed by atoms with E-state index in [1.165, 1.54) is 39.5 Å². The van der Waals surface area contributed by atoms with E-state index in [1.54, 1.807) is 60.7 Å². The molecule has 0 aliphatic carbocycles. The molecule has 0 saturated heterocycles. The Labute approximate surface area is 192 Å². The highest BCUT2D eigenvalue weighted by molar-refractivity contribution is 7.92. The van der Waals surface area contributed by atoms with Gasteiger partial charge < -0.3 is 19.5 Å². The lowest BCUT2D eigenvalue weighted by Crippen LogP contribution is -2.14. The number of hydrogen-bond acceptors (Lipinski definition) is 6. The minimum absolute atomic E-state index is 0.00885. The van der Waals surface area contributed by atoms with E-state index < -0.39 is 15.9 Å². The predicted molar refractivity (Wildman–Crippen MR) is 127 cm³/mol. The van der Waals surface area contributed by atoms with E-state index >= 15 is 0 Å². The van der Waals surface area contributed by atoms with Gasteiger partial charge in [-0.2, -0.15) is 0 Å². The molecule has 2 N–H and O–H groups in total. The van der Waals surface area contributed by atoms with Gasteiger partial charge in [0.25, 0.3) is 10.0 Å². The summed E-state index contributed by atoms with van der Waals surface area (Å²) < 4.78 is 43.6. The lowest BCUT2D eigenvalue weighted by atomic mass is 10.1. The summed E-state index contributed by atoms with van der Waals surface area (Å²) in [7, 11) is 0.721. The summed E-state index contributed by atoms with van der Waals surface area (Å²) in [5, 5.41) is 2.66. The monoisotopic (exact) mass is 468 g/mol. The average molecular weight is 469 g/mol. The van der Waals surface area contributed by atoms with Crippen molar-refractivity contribution in [3.8, 4) is 17.2 Å². The number of anilines is 2. The molecule has 3 aromatic carbocycles. The first-order chi connectivity index (χ1) is 15.9. The third kappa shape index (κ3) is 6.05. The molecule has 0 aliphatic rings. The van der Waals surface area contributed by atoms with Crippen LogP contribution in [-0.2, 0) is 14.8 Å². The van der Waals surface area contributed by atoms with E-state index in [4.69, 9.17) is 14.2 Å². The number of ether oxygens (including phenoxy) is 3. The van der Waals surface area contributed by atoms with Gasteiger partial charge in [-0.15, -0.1) is 0 Å². The highest BCUT2D eigenvalue weighted by Gasteiger charge is 2.15.